The molecular formula is C39H40N2Na14O64S16. The van der Waals surface area contributed by atoms with Crippen molar-refractivity contribution in [1.82, 2.24) is 0 Å². The molecule has 4 saturated heterocycles. The Kier molecular flexibility index (Phi) is 81.2. The summed E-state index contributed by atoms with van der Waals surface area (Å²) in [5.41, 5.74) is -6.00. The third kappa shape index (κ3) is 64.6. The van der Waals surface area contributed by atoms with Gasteiger partial charge in [-0.2, -0.15) is 0 Å². The Morgan fingerprint density at radius 3 is 0.622 bits per heavy atom. The first-order valence-electron chi connectivity index (χ1n) is 29.3. The molecule has 0 bridgehead atoms. The molecule has 6 rings (SSSR count). The molecule has 20 atom stereocenters. The van der Waals surface area contributed by atoms with Gasteiger partial charge in [-0.05, 0) is 48.5 Å². The second-order valence-electron chi connectivity index (χ2n) is 22.4. The van der Waals surface area contributed by atoms with Gasteiger partial charge >= 0.3 is 414 Å². The number of carbonyl (C=O) groups is 2. The standard InChI is InChI=1S/C39H54N2O64S16.14Na/c42-22(40-14-1-5-16(6-2-14)106-38-34(104-120(80,81)82)28(98-114(62,63)64)24(18(92-38)10-86-108(44,45)46)94-36-32(102-118(74,75)76)30(100-116(68,69)70)26(96-112(56,57)58)20(90-36)12-88-110(50,51)52)9-23(43)41-15-3-7-17(8-4-15)107-39-35(105-121(83,84)85)29(99-115(65,66)67)25(19(93-39)11-87-109(47,48)49)95-37-33(103-119(77,78)79)31(101-117(71,72)73)27(97-113(59,60)61)21(91-37)13-89-111(53,54)55;;;;;;;;;;;;;;/h1-8,18-21,24-39H,9-13H2,(H,40,42)(H,41,43)(H,44,45,46)(H,47,48,49)(H,50,51,52)(H,53,54,55)(H,56,57,58)(H,59,60,61)(H,62,63,64)(H,65,66,67)(H,68,69,70)(H,71,72,73)(H,74,75,76)(H,77,78,79)(H,80,81,82)(H,83,84,85);;;;;;;;;;;;;;/q;14*+1/p-14/t18-,19-,20-,21-,24-,25-,26-,27-,28+,29+,30+,31+,32-,33-,34-,35-,36-,37-,38+,39+;;;;;;;;;;;;;;/m1............../s1. The molecule has 96 heteroatoms. The number of amides is 2. The molecule has 0 radical (unpaired) electrons. The van der Waals surface area contributed by atoms with Crippen molar-refractivity contribution in [3.63, 3.8) is 0 Å². The van der Waals surface area contributed by atoms with Gasteiger partial charge in [0.1, 0.15) is 103 Å². The monoisotopic (exact) mass is 2390 g/mol. The Balaban J connectivity index is -0.00000162. The van der Waals surface area contributed by atoms with E-state index in [2.05, 4.69) is 69.2 Å². The first-order chi connectivity index (χ1) is 54.4. The molecule has 0 aromatic heterocycles. The van der Waals surface area contributed by atoms with Crippen LogP contribution in [0.5, 0.6) is 0 Å². The second-order valence-corrected chi connectivity index (χ2v) is 39.0. The number of ether oxygens (including phenoxy) is 6. The molecule has 2 aromatic carbocycles. The van der Waals surface area contributed by atoms with Gasteiger partial charge in [-0.3, -0.25) is 68.2 Å². The Bertz CT molecular complexity index is 5460. The van der Waals surface area contributed by atoms with E-state index in [1.54, 1.807) is 0 Å². The topological polar surface area (TPSA) is 1040 Å². The zero-order valence-electron chi connectivity index (χ0n) is 70.4. The van der Waals surface area contributed by atoms with Gasteiger partial charge in [0.2, 0.25) is 157 Å². The summed E-state index contributed by atoms with van der Waals surface area (Å²) in [6, 6.07) is 6.75. The van der Waals surface area contributed by atoms with Crippen LogP contribution in [0.15, 0.2) is 58.3 Å². The molecule has 4 aliphatic heterocycles. The number of rotatable bonds is 44. The molecule has 135 heavy (non-hydrogen) atoms. The quantitative estimate of drug-likeness (QED) is 0.0269. The summed E-state index contributed by atoms with van der Waals surface area (Å²) in [4.78, 5) is 25.5. The van der Waals surface area contributed by atoms with Crippen LogP contribution in [0.1, 0.15) is 6.42 Å². The van der Waals surface area contributed by atoms with Gasteiger partial charge in [0.15, 0.2) is 24.8 Å². The average molecular weight is 2400 g/mol. The summed E-state index contributed by atoms with van der Waals surface area (Å²) in [5.74, 6) is -2.58. The van der Waals surface area contributed by atoms with Gasteiger partial charge in [0.05, 0.1) is 26.4 Å². The average Bonchev–Trinajstić information content (AvgIpc) is 0.755. The normalized spacial score (nSPS) is 25.9. The fourth-order valence-electron chi connectivity index (χ4n) is 10.2. The number of carbonyl (C=O) groups excluding carboxylic acids is 2. The zero-order valence-corrected chi connectivity index (χ0v) is 111. The maximum Gasteiger partial charge on any atom is 1.00 e. The first-order valence-corrected chi connectivity index (χ1v) is 49.7. The van der Waals surface area contributed by atoms with Crippen LogP contribution >= 0.6 is 23.5 Å². The van der Waals surface area contributed by atoms with Crippen molar-refractivity contribution in [2.24, 2.45) is 0 Å². The number of hydrogen-bond donors (Lipinski definition) is 2. The van der Waals surface area contributed by atoms with E-state index in [1.165, 1.54) is 0 Å². The Labute approximate surface area is 1090 Å². The van der Waals surface area contributed by atoms with Crippen LogP contribution in [0.2, 0.25) is 0 Å². The molecule has 0 saturated carbocycles. The maximum absolute atomic E-state index is 13.2. The van der Waals surface area contributed by atoms with Crippen LogP contribution in [0.3, 0.4) is 0 Å². The molecule has 0 unspecified atom stereocenters. The Morgan fingerprint density at radius 1 is 0.244 bits per heavy atom. The van der Waals surface area contributed by atoms with Crippen LogP contribution < -0.4 is 424 Å². The summed E-state index contributed by atoms with van der Waals surface area (Å²) in [7, 11) is -90.2. The van der Waals surface area contributed by atoms with Crippen molar-refractivity contribution < 1.29 is 692 Å². The largest absolute Gasteiger partial charge is 1.00 e. The van der Waals surface area contributed by atoms with Crippen molar-refractivity contribution in [2.75, 3.05) is 37.1 Å². The molecule has 2 N–H and O–H groups in total. The fraction of sp³-hybridized carbons (Fsp3) is 0.641. The van der Waals surface area contributed by atoms with Gasteiger partial charge in [0.25, 0.3) is 0 Å². The summed E-state index contributed by atoms with van der Waals surface area (Å²) in [5, 5.41) is 4.26. The molecule has 0 spiro atoms. The van der Waals surface area contributed by atoms with Gasteiger partial charge in [0, 0.05) is 21.2 Å². The minimum atomic E-state index is -6.64. The van der Waals surface area contributed by atoms with E-state index < -0.39 is 321 Å². The molecular weight excluding hydrogens is 2360 g/mol. The molecule has 700 valence electrons. The van der Waals surface area contributed by atoms with E-state index in [1.807, 2.05) is 0 Å². The van der Waals surface area contributed by atoms with E-state index in [4.69, 9.17) is 28.4 Å². The number of hydrogen-bond acceptors (Lipinski definition) is 66. The van der Waals surface area contributed by atoms with Crippen LogP contribution in [-0.2, 0) is 242 Å². The van der Waals surface area contributed by atoms with E-state index >= 15 is 0 Å². The molecule has 4 fully saturated rings. The van der Waals surface area contributed by atoms with Crippen molar-refractivity contribution in [3.05, 3.63) is 48.5 Å². The van der Waals surface area contributed by atoms with E-state index in [0.717, 1.165) is 48.5 Å². The van der Waals surface area contributed by atoms with Crippen LogP contribution in [0.25, 0.3) is 0 Å². The SMILES string of the molecule is O=C(CC(=O)Nc1ccc(S[C@@H]2O[C@H](COS(=O)(=O)[O-])[C@@H](O[C@H]3O[C@H](COS(=O)(=O)[O-])[C@@H](OS(=O)(=O)[O-])[C@H](OS(=O)(=O)[O-])[C@H]3OS(=O)(=O)[O-])[C@H](OS(=O)(=O)[O-])[C@H]2OS(=O)(=O)[O-])cc1)Nc1ccc(S[C@@H]2O[C@H](COS(=O)(=O)[O-])[C@@H](O[C@H]3O[C@H](COS(=O)(=O)[O-])[C@@H](OS(=O)(=O)[O-])[C@H](OS(=O)(=O)[O-])[C@H]3OS(=O)(=O)[O-])[C@H](OS(=O)(=O)[O-])[C@H]2OS(=O)(=O)[O-])cc1.[Na+].[Na+].[Na+].[Na+].[Na+].[Na+].[Na+].[Na+].[Na+].[Na+].[Na+].[Na+].[Na+].[Na+]. The number of nitrogens with one attached hydrogen (secondary N) is 2. The van der Waals surface area contributed by atoms with Gasteiger partial charge in [-0.1, -0.05) is 23.5 Å². The molecule has 4 heterocycles. The van der Waals surface area contributed by atoms with Crippen LogP contribution in [0, 0.1) is 0 Å². The van der Waals surface area contributed by atoms with E-state index in [9.17, 15) is 191 Å². The van der Waals surface area contributed by atoms with E-state index in [-0.39, 0.29) is 449 Å². The number of anilines is 2. The smallest absolute Gasteiger partial charge is 0.726 e. The summed E-state index contributed by atoms with van der Waals surface area (Å²) in [6.07, 6.45) is -61.6. The predicted octanol–water partition coefficient (Wildman–Crippen LogP) is -55.1. The Morgan fingerprint density at radius 2 is 0.422 bits per heavy atom. The van der Waals surface area contributed by atoms with Gasteiger partial charge in [-0.15, -0.1) is 0 Å². The molecule has 66 nitrogen and oxygen atoms in total. The number of benzene rings is 2. The predicted molar refractivity (Wildman–Crippen MR) is 339 cm³/mol. The van der Waals surface area contributed by atoms with Crippen molar-refractivity contribution in [1.29, 1.82) is 0 Å². The van der Waals surface area contributed by atoms with Gasteiger partial charge in [-0.25, -0.2) is 118 Å². The third-order valence-corrected chi connectivity index (χ3v) is 22.4. The Hall–Kier alpha value is 10.0. The van der Waals surface area contributed by atoms with Crippen molar-refractivity contribution in [2.45, 2.75) is 137 Å². The van der Waals surface area contributed by atoms with Crippen molar-refractivity contribution in [3.8, 4) is 0 Å². The molecule has 0 aliphatic carbocycles. The minimum Gasteiger partial charge on any atom is -0.726 e. The summed E-state index contributed by atoms with van der Waals surface area (Å²) in [6.45, 7) is -8.34. The molecule has 2 aromatic rings. The summed E-state index contributed by atoms with van der Waals surface area (Å²) >= 11 is -0.110. The van der Waals surface area contributed by atoms with Crippen LogP contribution in [0.4, 0.5) is 11.4 Å². The van der Waals surface area contributed by atoms with Gasteiger partial charge < -0.3 is 103 Å². The molecule has 2 amide bonds. The van der Waals surface area contributed by atoms with E-state index in [0.29, 0.717) is 0 Å². The fourth-order valence-corrected chi connectivity index (χ4v) is 18.6. The zero-order chi connectivity index (χ0) is 92.2. The molecule has 4 aliphatic rings. The number of thioether (sulfide) groups is 2. The first kappa shape index (κ1) is 163. The summed E-state index contributed by atoms with van der Waals surface area (Å²) < 4.78 is 592. The second kappa shape index (κ2) is 67.4. The third-order valence-electron chi connectivity index (χ3n) is 13.8. The van der Waals surface area contributed by atoms with Crippen LogP contribution in [-0.4, -0.2) is 341 Å². The maximum atomic E-state index is 13.2. The minimum absolute atomic E-state index is 0. The van der Waals surface area contributed by atoms with Crippen molar-refractivity contribution >= 4 is 192 Å².